The Hall–Kier alpha value is -2.64. The molecule has 0 radical (unpaired) electrons. The molecule has 0 spiro atoms. The molecule has 96 valence electrons. The van der Waals surface area contributed by atoms with Crippen LogP contribution in [0.2, 0.25) is 0 Å². The second-order valence-corrected chi connectivity index (χ2v) is 3.21. The molecule has 1 aromatic rings. The molecule has 0 aliphatic heterocycles. The van der Waals surface area contributed by atoms with Crippen LogP contribution in [0.15, 0.2) is 22.8 Å². The fourth-order valence-corrected chi connectivity index (χ4v) is 0.984. The van der Waals surface area contributed by atoms with Gasteiger partial charge in [-0.1, -0.05) is 0 Å². The highest BCUT2D eigenvalue weighted by Crippen LogP contribution is 2.00. The van der Waals surface area contributed by atoms with E-state index in [2.05, 4.69) is 10.3 Å². The predicted molar refractivity (Wildman–Crippen MR) is 58.4 cm³/mol. The molecule has 0 aliphatic rings. The average Bonchev–Trinajstić information content (AvgIpc) is 2.70. The van der Waals surface area contributed by atoms with Crippen molar-refractivity contribution >= 4 is 17.9 Å². The zero-order chi connectivity index (χ0) is 13.5. The molecule has 0 atom stereocenters. The van der Waals surface area contributed by atoms with E-state index in [4.69, 9.17) is 9.52 Å². The van der Waals surface area contributed by atoms with Gasteiger partial charge in [-0.25, -0.2) is 14.6 Å². The van der Waals surface area contributed by atoms with Crippen LogP contribution in [0, 0.1) is 6.92 Å². The SMILES string of the molecule is Cc1cnc(CNC(=O)NC(=O)/C=C/C(=O)O)o1. The van der Waals surface area contributed by atoms with Crippen LogP contribution < -0.4 is 10.6 Å². The molecule has 0 fully saturated rings. The lowest BCUT2D eigenvalue weighted by molar-refractivity contribution is -0.131. The third kappa shape index (κ3) is 4.92. The Kier molecular flexibility index (Phi) is 4.61. The Bertz CT molecular complexity index is 491. The van der Waals surface area contributed by atoms with Crippen LogP contribution >= 0.6 is 0 Å². The molecule has 3 amide bonds. The van der Waals surface area contributed by atoms with Gasteiger partial charge in [0.2, 0.25) is 5.89 Å². The summed E-state index contributed by atoms with van der Waals surface area (Å²) in [6, 6.07) is -0.772. The van der Waals surface area contributed by atoms with E-state index in [1.807, 2.05) is 5.32 Å². The van der Waals surface area contributed by atoms with E-state index in [9.17, 15) is 14.4 Å². The van der Waals surface area contributed by atoms with Crippen LogP contribution in [0.3, 0.4) is 0 Å². The van der Waals surface area contributed by atoms with Crippen LogP contribution in [-0.4, -0.2) is 28.0 Å². The number of carboxylic acids is 1. The Morgan fingerprint density at radius 2 is 2.17 bits per heavy atom. The molecule has 0 saturated carbocycles. The van der Waals surface area contributed by atoms with Crippen molar-refractivity contribution in [2.45, 2.75) is 13.5 Å². The zero-order valence-corrected chi connectivity index (χ0v) is 9.47. The van der Waals surface area contributed by atoms with Gasteiger partial charge in [0.1, 0.15) is 5.76 Å². The first kappa shape index (κ1) is 13.4. The number of amides is 3. The van der Waals surface area contributed by atoms with Crippen LogP contribution in [0.1, 0.15) is 11.7 Å². The number of hydrogen-bond donors (Lipinski definition) is 3. The summed E-state index contributed by atoms with van der Waals surface area (Å²) < 4.78 is 5.09. The van der Waals surface area contributed by atoms with Crippen LogP contribution in [0.25, 0.3) is 0 Å². The van der Waals surface area contributed by atoms with Crippen molar-refractivity contribution in [1.82, 2.24) is 15.6 Å². The van der Waals surface area contributed by atoms with E-state index in [1.54, 1.807) is 6.92 Å². The van der Waals surface area contributed by atoms with Crippen LogP contribution in [0.5, 0.6) is 0 Å². The lowest BCUT2D eigenvalue weighted by Gasteiger charge is -2.01. The van der Waals surface area contributed by atoms with Crippen molar-refractivity contribution in [2.75, 3.05) is 0 Å². The topological polar surface area (TPSA) is 122 Å². The summed E-state index contributed by atoms with van der Waals surface area (Å²) in [4.78, 5) is 36.2. The maximum atomic E-state index is 11.2. The highest BCUT2D eigenvalue weighted by molar-refractivity contribution is 6.02. The van der Waals surface area contributed by atoms with E-state index in [0.717, 1.165) is 6.08 Å². The Labute approximate surface area is 102 Å². The molecule has 8 heteroatoms. The number of aromatic nitrogens is 1. The molecule has 0 bridgehead atoms. The van der Waals surface area contributed by atoms with Crippen molar-refractivity contribution in [2.24, 2.45) is 0 Å². The van der Waals surface area contributed by atoms with Gasteiger partial charge in [-0.2, -0.15) is 0 Å². The third-order valence-corrected chi connectivity index (χ3v) is 1.68. The normalized spacial score (nSPS) is 10.3. The van der Waals surface area contributed by atoms with E-state index in [1.165, 1.54) is 6.20 Å². The minimum Gasteiger partial charge on any atom is -0.478 e. The van der Waals surface area contributed by atoms with Gasteiger partial charge in [-0.15, -0.1) is 0 Å². The molecule has 1 rings (SSSR count). The summed E-state index contributed by atoms with van der Waals surface area (Å²) in [5.74, 6) is -1.21. The highest BCUT2D eigenvalue weighted by Gasteiger charge is 2.06. The Morgan fingerprint density at radius 1 is 1.44 bits per heavy atom. The number of aliphatic carboxylic acids is 1. The molecule has 0 aliphatic carbocycles. The van der Waals surface area contributed by atoms with E-state index < -0.39 is 17.9 Å². The summed E-state index contributed by atoms with van der Waals surface area (Å²) >= 11 is 0. The van der Waals surface area contributed by atoms with Crippen LogP contribution in [0.4, 0.5) is 4.79 Å². The summed E-state index contributed by atoms with van der Waals surface area (Å²) in [5, 5.41) is 12.5. The van der Waals surface area contributed by atoms with E-state index in [-0.39, 0.29) is 6.54 Å². The Morgan fingerprint density at radius 3 is 2.72 bits per heavy atom. The number of aryl methyl sites for hydroxylation is 1. The van der Waals surface area contributed by atoms with Gasteiger partial charge in [0.05, 0.1) is 12.7 Å². The smallest absolute Gasteiger partial charge is 0.328 e. The fourth-order valence-electron chi connectivity index (χ4n) is 0.984. The van der Waals surface area contributed by atoms with E-state index >= 15 is 0 Å². The summed E-state index contributed by atoms with van der Waals surface area (Å²) in [6.07, 6.45) is 2.85. The number of nitrogens with zero attached hydrogens (tertiary/aromatic N) is 1. The van der Waals surface area contributed by atoms with Gasteiger partial charge in [0.15, 0.2) is 0 Å². The first-order valence-electron chi connectivity index (χ1n) is 4.88. The largest absolute Gasteiger partial charge is 0.478 e. The summed E-state index contributed by atoms with van der Waals surface area (Å²) in [5.41, 5.74) is 0. The highest BCUT2D eigenvalue weighted by atomic mass is 16.4. The molecule has 0 saturated heterocycles. The number of imide groups is 1. The fraction of sp³-hybridized carbons (Fsp3) is 0.200. The molecule has 8 nitrogen and oxygen atoms in total. The number of nitrogens with one attached hydrogen (secondary N) is 2. The molecule has 0 aromatic carbocycles. The zero-order valence-electron chi connectivity index (χ0n) is 9.47. The third-order valence-electron chi connectivity index (χ3n) is 1.68. The first-order chi connectivity index (χ1) is 8.47. The van der Waals surface area contributed by atoms with E-state index in [0.29, 0.717) is 17.7 Å². The Balaban J connectivity index is 2.33. The summed E-state index contributed by atoms with van der Waals surface area (Å²) in [6.45, 7) is 1.73. The summed E-state index contributed by atoms with van der Waals surface area (Å²) in [7, 11) is 0. The molecule has 0 unspecified atom stereocenters. The van der Waals surface area contributed by atoms with Crippen LogP contribution in [-0.2, 0) is 16.1 Å². The van der Waals surface area contributed by atoms with Gasteiger partial charge in [-0.3, -0.25) is 10.1 Å². The van der Waals surface area contributed by atoms with Crippen molar-refractivity contribution in [3.8, 4) is 0 Å². The van der Waals surface area contributed by atoms with Crippen molar-refractivity contribution in [1.29, 1.82) is 0 Å². The van der Waals surface area contributed by atoms with Gasteiger partial charge in [0.25, 0.3) is 5.91 Å². The number of carboxylic acid groups (broad SMARTS) is 1. The molecule has 1 heterocycles. The standard InChI is InChI=1S/C10H11N3O5/c1-6-4-11-8(18-6)5-12-10(17)13-7(14)2-3-9(15)16/h2-4H,5H2,1H3,(H,15,16)(H2,12,13,14,17)/b3-2+. The van der Waals surface area contributed by atoms with Crippen molar-refractivity contribution in [3.05, 3.63) is 30.0 Å². The number of carbonyl (C=O) groups excluding carboxylic acids is 2. The molecule has 1 aromatic heterocycles. The molecular formula is C10H11N3O5. The van der Waals surface area contributed by atoms with Crippen molar-refractivity contribution < 1.29 is 23.9 Å². The second-order valence-electron chi connectivity index (χ2n) is 3.21. The lowest BCUT2D eigenvalue weighted by Crippen LogP contribution is -2.38. The number of rotatable bonds is 4. The minimum absolute atomic E-state index is 0.0234. The number of oxazole rings is 1. The minimum atomic E-state index is -1.28. The number of carbonyl (C=O) groups is 3. The average molecular weight is 253 g/mol. The monoisotopic (exact) mass is 253 g/mol. The first-order valence-corrected chi connectivity index (χ1v) is 4.88. The maximum Gasteiger partial charge on any atom is 0.328 e. The molecule has 3 N–H and O–H groups in total. The number of urea groups is 1. The number of hydrogen-bond acceptors (Lipinski definition) is 5. The molecule has 18 heavy (non-hydrogen) atoms. The molecular weight excluding hydrogens is 242 g/mol. The van der Waals surface area contributed by atoms with Gasteiger partial charge in [-0.05, 0) is 6.92 Å². The predicted octanol–water partition coefficient (Wildman–Crippen LogP) is -0.0504. The maximum absolute atomic E-state index is 11.2. The van der Waals surface area contributed by atoms with Gasteiger partial charge in [0, 0.05) is 12.2 Å². The van der Waals surface area contributed by atoms with Gasteiger partial charge < -0.3 is 14.8 Å². The quantitative estimate of drug-likeness (QED) is 0.647. The second kappa shape index (κ2) is 6.18. The lowest BCUT2D eigenvalue weighted by atomic mass is 10.5. The van der Waals surface area contributed by atoms with Gasteiger partial charge >= 0.3 is 12.0 Å². The van der Waals surface area contributed by atoms with Crippen molar-refractivity contribution in [3.63, 3.8) is 0 Å².